The van der Waals surface area contributed by atoms with E-state index in [4.69, 9.17) is 13.6 Å². The second kappa shape index (κ2) is 8.55. The van der Waals surface area contributed by atoms with E-state index in [2.05, 4.69) is 53.3 Å². The number of thioether (sulfide) groups is 1. The zero-order valence-corrected chi connectivity index (χ0v) is 18.9. The molecule has 0 N–H and O–H groups in total. The van der Waals surface area contributed by atoms with Gasteiger partial charge in [0, 0.05) is 11.1 Å². The summed E-state index contributed by atoms with van der Waals surface area (Å²) in [7, 11) is 1.63. The molecule has 4 aromatic rings. The highest BCUT2D eigenvalue weighted by molar-refractivity contribution is 7.99. The van der Waals surface area contributed by atoms with Crippen LogP contribution in [0, 0.1) is 0 Å². The van der Waals surface area contributed by atoms with Gasteiger partial charge in [-0.1, -0.05) is 44.7 Å². The molecule has 4 rings (SSSR count). The van der Waals surface area contributed by atoms with E-state index in [1.807, 2.05) is 43.3 Å². The van der Waals surface area contributed by atoms with Gasteiger partial charge in [-0.25, -0.2) is 0 Å². The number of nitrogens with zero attached hydrogens (tertiary/aromatic N) is 4. The highest BCUT2D eigenvalue weighted by atomic mass is 32.2. The first kappa shape index (κ1) is 21.1. The average molecular weight is 437 g/mol. The molecule has 160 valence electrons. The van der Waals surface area contributed by atoms with E-state index in [1.165, 1.54) is 17.3 Å². The van der Waals surface area contributed by atoms with Crippen molar-refractivity contribution in [1.29, 1.82) is 0 Å². The molecule has 31 heavy (non-hydrogen) atoms. The molecular formula is C23H24N4O3S. The fraction of sp³-hybridized carbons (Fsp3) is 0.304. The smallest absolute Gasteiger partial charge is 0.277 e. The van der Waals surface area contributed by atoms with Crippen molar-refractivity contribution >= 4 is 11.8 Å². The maximum atomic E-state index is 5.84. The lowest BCUT2D eigenvalue weighted by molar-refractivity contribution is 0.415. The zero-order chi connectivity index (χ0) is 22.0. The molecule has 1 atom stereocenters. The maximum Gasteiger partial charge on any atom is 0.277 e. The molecule has 0 saturated carbocycles. The van der Waals surface area contributed by atoms with Crippen LogP contribution in [0.3, 0.4) is 0 Å². The number of methoxy groups -OCH3 is 1. The van der Waals surface area contributed by atoms with Crippen molar-refractivity contribution in [2.24, 2.45) is 0 Å². The Hall–Kier alpha value is -3.13. The Morgan fingerprint density at radius 1 is 0.806 bits per heavy atom. The summed E-state index contributed by atoms with van der Waals surface area (Å²) in [5, 5.41) is 17.0. The highest BCUT2D eigenvalue weighted by Gasteiger charge is 2.20. The monoisotopic (exact) mass is 436 g/mol. The summed E-state index contributed by atoms with van der Waals surface area (Å²) in [6.45, 7) is 8.51. The van der Waals surface area contributed by atoms with Crippen LogP contribution < -0.4 is 4.74 Å². The third kappa shape index (κ3) is 4.80. The maximum absolute atomic E-state index is 5.84. The Kier molecular flexibility index (Phi) is 5.82. The molecule has 0 aliphatic carbocycles. The quantitative estimate of drug-likeness (QED) is 0.343. The normalized spacial score (nSPS) is 12.7. The van der Waals surface area contributed by atoms with Gasteiger partial charge in [0.05, 0.1) is 12.4 Å². The van der Waals surface area contributed by atoms with Gasteiger partial charge < -0.3 is 13.6 Å². The number of aromatic nitrogens is 4. The number of ether oxygens (including phenoxy) is 1. The van der Waals surface area contributed by atoms with Crippen LogP contribution in [0.5, 0.6) is 5.75 Å². The van der Waals surface area contributed by atoms with Gasteiger partial charge in [-0.15, -0.1) is 20.4 Å². The molecular weight excluding hydrogens is 412 g/mol. The molecule has 7 nitrogen and oxygen atoms in total. The van der Waals surface area contributed by atoms with Crippen LogP contribution in [-0.4, -0.2) is 27.5 Å². The molecule has 0 fully saturated rings. The lowest BCUT2D eigenvalue weighted by atomic mass is 9.87. The predicted molar refractivity (Wildman–Crippen MR) is 119 cm³/mol. The van der Waals surface area contributed by atoms with Gasteiger partial charge in [0.15, 0.2) is 0 Å². The minimum absolute atomic E-state index is 0.0958. The topological polar surface area (TPSA) is 87.1 Å². The van der Waals surface area contributed by atoms with Crippen LogP contribution in [-0.2, 0) is 5.41 Å². The molecule has 2 aromatic heterocycles. The van der Waals surface area contributed by atoms with Crippen molar-refractivity contribution in [3.63, 3.8) is 0 Å². The van der Waals surface area contributed by atoms with E-state index in [0.29, 0.717) is 22.9 Å². The molecule has 0 radical (unpaired) electrons. The Labute approximate surface area is 185 Å². The molecule has 2 heterocycles. The first-order chi connectivity index (χ1) is 14.8. The summed E-state index contributed by atoms with van der Waals surface area (Å²) >= 11 is 1.38. The minimum Gasteiger partial charge on any atom is -0.497 e. The van der Waals surface area contributed by atoms with E-state index < -0.39 is 0 Å². The SMILES string of the molecule is COc1ccc(-c2nnc(C(C)Sc3nnc(-c4ccc(C(C)(C)C)cc4)o3)o2)cc1. The van der Waals surface area contributed by atoms with Crippen LogP contribution in [0.25, 0.3) is 22.9 Å². The van der Waals surface area contributed by atoms with Crippen molar-refractivity contribution in [1.82, 2.24) is 20.4 Å². The summed E-state index contributed by atoms with van der Waals surface area (Å²) in [6.07, 6.45) is 0. The molecule has 8 heteroatoms. The zero-order valence-electron chi connectivity index (χ0n) is 18.1. The van der Waals surface area contributed by atoms with Gasteiger partial charge in [0.25, 0.3) is 5.22 Å². The van der Waals surface area contributed by atoms with Gasteiger partial charge in [-0.05, 0) is 54.3 Å². The largest absolute Gasteiger partial charge is 0.497 e. The van der Waals surface area contributed by atoms with Crippen molar-refractivity contribution in [2.75, 3.05) is 7.11 Å². The van der Waals surface area contributed by atoms with Gasteiger partial charge in [-0.2, -0.15) is 0 Å². The second-order valence-electron chi connectivity index (χ2n) is 8.13. The standard InChI is InChI=1S/C23H24N4O3S/c1-14(19-24-25-20(29-19)16-8-12-18(28-5)13-9-16)31-22-27-26-21(30-22)15-6-10-17(11-7-15)23(2,3)4/h6-14H,1-5H3. The molecule has 0 saturated heterocycles. The lowest BCUT2D eigenvalue weighted by Crippen LogP contribution is -2.10. The molecule has 0 spiro atoms. The number of hydrogen-bond acceptors (Lipinski definition) is 8. The summed E-state index contributed by atoms with van der Waals surface area (Å²) in [5.41, 5.74) is 3.07. The number of benzene rings is 2. The second-order valence-corrected chi connectivity index (χ2v) is 9.43. The van der Waals surface area contributed by atoms with Gasteiger partial charge in [-0.3, -0.25) is 0 Å². The van der Waals surface area contributed by atoms with Crippen LogP contribution >= 0.6 is 11.8 Å². The Morgan fingerprint density at radius 3 is 2.00 bits per heavy atom. The fourth-order valence-electron chi connectivity index (χ4n) is 2.94. The van der Waals surface area contributed by atoms with E-state index in [9.17, 15) is 0 Å². The lowest BCUT2D eigenvalue weighted by Gasteiger charge is -2.18. The van der Waals surface area contributed by atoms with Crippen LogP contribution in [0.2, 0.25) is 0 Å². The average Bonchev–Trinajstić information content (AvgIpc) is 3.43. The van der Waals surface area contributed by atoms with Crippen molar-refractivity contribution < 1.29 is 13.6 Å². The predicted octanol–water partition coefficient (Wildman–Crippen LogP) is 5.95. The van der Waals surface area contributed by atoms with Gasteiger partial charge in [0.2, 0.25) is 17.7 Å². The summed E-state index contributed by atoms with van der Waals surface area (Å²) in [5.74, 6) is 2.20. The van der Waals surface area contributed by atoms with E-state index in [1.54, 1.807) is 7.11 Å². The third-order valence-corrected chi connectivity index (χ3v) is 5.73. The first-order valence-corrected chi connectivity index (χ1v) is 10.8. The first-order valence-electron chi connectivity index (χ1n) is 9.92. The molecule has 0 bridgehead atoms. The summed E-state index contributed by atoms with van der Waals surface area (Å²) < 4.78 is 16.9. The molecule has 0 aliphatic heterocycles. The summed E-state index contributed by atoms with van der Waals surface area (Å²) in [6, 6.07) is 15.7. The van der Waals surface area contributed by atoms with Crippen LogP contribution in [0.15, 0.2) is 62.6 Å². The molecule has 0 aliphatic rings. The van der Waals surface area contributed by atoms with Crippen LogP contribution in [0.1, 0.15) is 44.4 Å². The molecule has 2 aromatic carbocycles. The van der Waals surface area contributed by atoms with E-state index in [-0.39, 0.29) is 10.7 Å². The van der Waals surface area contributed by atoms with Crippen molar-refractivity contribution in [2.45, 2.75) is 43.6 Å². The summed E-state index contributed by atoms with van der Waals surface area (Å²) in [4.78, 5) is 0. The van der Waals surface area contributed by atoms with Gasteiger partial charge >= 0.3 is 0 Å². The van der Waals surface area contributed by atoms with Gasteiger partial charge in [0.1, 0.15) is 5.75 Å². The van der Waals surface area contributed by atoms with E-state index >= 15 is 0 Å². The third-order valence-electron chi connectivity index (χ3n) is 4.81. The molecule has 1 unspecified atom stereocenters. The van der Waals surface area contributed by atoms with Crippen molar-refractivity contribution in [3.05, 3.63) is 60.0 Å². The minimum atomic E-state index is -0.143. The molecule has 0 amide bonds. The number of hydrogen-bond donors (Lipinski definition) is 0. The van der Waals surface area contributed by atoms with Crippen LogP contribution in [0.4, 0.5) is 0 Å². The Balaban J connectivity index is 1.44. The Morgan fingerprint density at radius 2 is 1.39 bits per heavy atom. The number of rotatable bonds is 6. The Bertz CT molecular complexity index is 1140. The fourth-order valence-corrected chi connectivity index (χ4v) is 3.65. The highest BCUT2D eigenvalue weighted by Crippen LogP contribution is 2.36. The van der Waals surface area contributed by atoms with E-state index in [0.717, 1.165) is 16.9 Å². The van der Waals surface area contributed by atoms with Crippen molar-refractivity contribution in [3.8, 4) is 28.7 Å².